The molecule has 1 N–H and O–H groups in total. The van der Waals surface area contributed by atoms with E-state index in [1.165, 1.54) is 17.1 Å². The molecule has 1 saturated heterocycles. The lowest BCUT2D eigenvalue weighted by atomic mass is 9.97. The summed E-state index contributed by atoms with van der Waals surface area (Å²) in [6.45, 7) is 2.76. The van der Waals surface area contributed by atoms with Crippen molar-refractivity contribution in [2.24, 2.45) is 11.8 Å². The topological polar surface area (TPSA) is 86.8 Å². The quantitative estimate of drug-likeness (QED) is 0.734. The van der Waals surface area contributed by atoms with Crippen LogP contribution < -0.4 is 10.2 Å². The first-order chi connectivity index (χ1) is 15.3. The fourth-order valence-electron chi connectivity index (χ4n) is 5.53. The maximum atomic E-state index is 13.3. The van der Waals surface area contributed by atoms with Crippen molar-refractivity contribution in [1.29, 1.82) is 0 Å². The second kappa shape index (κ2) is 8.45. The number of sulfonamides is 1. The molecule has 7 nitrogen and oxygen atoms in total. The number of hydrogen-bond acceptors (Lipinski definition) is 4. The Bertz CT molecular complexity index is 1010. The van der Waals surface area contributed by atoms with Crippen molar-refractivity contribution >= 4 is 27.5 Å². The summed E-state index contributed by atoms with van der Waals surface area (Å²) in [5.41, 5.74) is 1.79. The van der Waals surface area contributed by atoms with Gasteiger partial charge in [-0.2, -0.15) is 4.31 Å². The molecule has 0 radical (unpaired) electrons. The van der Waals surface area contributed by atoms with E-state index in [0.29, 0.717) is 38.4 Å². The Labute approximate surface area is 190 Å². The minimum absolute atomic E-state index is 0.0604. The van der Waals surface area contributed by atoms with E-state index in [4.69, 9.17) is 0 Å². The van der Waals surface area contributed by atoms with E-state index < -0.39 is 10.0 Å². The summed E-state index contributed by atoms with van der Waals surface area (Å²) in [6.07, 6.45) is 8.17. The van der Waals surface area contributed by atoms with Crippen molar-refractivity contribution in [3.8, 4) is 0 Å². The molecule has 174 valence electrons. The Hall–Kier alpha value is -1.93. The zero-order valence-electron chi connectivity index (χ0n) is 18.8. The standard InChI is InChI=1S/C24H33N3O4S/c1-16-14-19-15-21(8-9-22(19)27(16)24(29)18-6-7-18)32(30,31)26-12-10-17(11-13-26)23(28)25-20-4-2-3-5-20/h8-9,15-18,20H,2-7,10-14H2,1H3,(H,25,28)/t16-/m0/s1. The van der Waals surface area contributed by atoms with Crippen LogP contribution in [0.4, 0.5) is 5.69 Å². The fraction of sp³-hybridized carbons (Fsp3) is 0.667. The first-order valence-electron chi connectivity index (χ1n) is 12.1. The molecule has 5 rings (SSSR count). The normalized spacial score (nSPS) is 25.2. The summed E-state index contributed by atoms with van der Waals surface area (Å²) in [4.78, 5) is 27.4. The molecule has 2 aliphatic heterocycles. The lowest BCUT2D eigenvalue weighted by molar-refractivity contribution is -0.126. The highest BCUT2D eigenvalue weighted by Crippen LogP contribution is 2.40. The third-order valence-corrected chi connectivity index (χ3v) is 9.49. The molecule has 32 heavy (non-hydrogen) atoms. The second-order valence-electron chi connectivity index (χ2n) is 9.99. The Kier molecular flexibility index (Phi) is 5.78. The molecule has 1 atom stereocenters. The van der Waals surface area contributed by atoms with Crippen molar-refractivity contribution in [3.63, 3.8) is 0 Å². The van der Waals surface area contributed by atoms with Gasteiger partial charge in [0.05, 0.1) is 4.90 Å². The van der Waals surface area contributed by atoms with Gasteiger partial charge in [0.1, 0.15) is 0 Å². The number of rotatable bonds is 5. The molecule has 2 aliphatic carbocycles. The monoisotopic (exact) mass is 459 g/mol. The van der Waals surface area contributed by atoms with Crippen LogP contribution in [0.1, 0.15) is 63.9 Å². The third-order valence-electron chi connectivity index (χ3n) is 7.59. The van der Waals surface area contributed by atoms with E-state index in [-0.39, 0.29) is 34.6 Å². The molecule has 0 spiro atoms. The number of amides is 2. The number of piperidine rings is 1. The van der Waals surface area contributed by atoms with Gasteiger partial charge in [0.2, 0.25) is 21.8 Å². The number of fused-ring (bicyclic) bond motifs is 1. The Morgan fingerprint density at radius 2 is 1.66 bits per heavy atom. The van der Waals surface area contributed by atoms with Crippen LogP contribution in [0.2, 0.25) is 0 Å². The van der Waals surface area contributed by atoms with Crippen LogP contribution in [-0.2, 0) is 26.0 Å². The summed E-state index contributed by atoms with van der Waals surface area (Å²) in [5.74, 6) is 0.287. The van der Waals surface area contributed by atoms with E-state index in [1.807, 2.05) is 11.8 Å². The number of carbonyl (C=O) groups is 2. The summed E-state index contributed by atoms with van der Waals surface area (Å²) >= 11 is 0. The summed E-state index contributed by atoms with van der Waals surface area (Å²) in [5, 5.41) is 3.15. The van der Waals surface area contributed by atoms with Gasteiger partial charge in [0.15, 0.2) is 0 Å². The number of benzene rings is 1. The van der Waals surface area contributed by atoms with Gasteiger partial charge in [0.25, 0.3) is 0 Å². The molecule has 1 aromatic carbocycles. The minimum atomic E-state index is -3.62. The van der Waals surface area contributed by atoms with Crippen LogP contribution in [0, 0.1) is 11.8 Å². The van der Waals surface area contributed by atoms with Crippen molar-refractivity contribution in [2.75, 3.05) is 18.0 Å². The fourth-order valence-corrected chi connectivity index (χ4v) is 7.05. The van der Waals surface area contributed by atoms with Gasteiger partial charge in [0, 0.05) is 42.7 Å². The van der Waals surface area contributed by atoms with Crippen LogP contribution in [0.3, 0.4) is 0 Å². The number of nitrogens with one attached hydrogen (secondary N) is 1. The molecule has 1 aromatic rings. The third kappa shape index (κ3) is 4.07. The van der Waals surface area contributed by atoms with Crippen LogP contribution in [0.25, 0.3) is 0 Å². The van der Waals surface area contributed by atoms with Gasteiger partial charge in [-0.3, -0.25) is 9.59 Å². The molecular weight excluding hydrogens is 426 g/mol. The van der Waals surface area contributed by atoms with Crippen LogP contribution in [-0.4, -0.2) is 49.7 Å². The smallest absolute Gasteiger partial charge is 0.243 e. The van der Waals surface area contributed by atoms with Crippen LogP contribution in [0.5, 0.6) is 0 Å². The van der Waals surface area contributed by atoms with Crippen LogP contribution >= 0.6 is 0 Å². The van der Waals surface area contributed by atoms with Gasteiger partial charge in [-0.15, -0.1) is 0 Å². The van der Waals surface area contributed by atoms with Crippen LogP contribution in [0.15, 0.2) is 23.1 Å². The van der Waals surface area contributed by atoms with E-state index in [2.05, 4.69) is 5.32 Å². The Morgan fingerprint density at radius 1 is 0.969 bits per heavy atom. The lowest BCUT2D eigenvalue weighted by Gasteiger charge is -2.31. The molecule has 0 unspecified atom stereocenters. The van der Waals surface area contributed by atoms with Crippen molar-refractivity contribution in [2.45, 2.75) is 81.7 Å². The summed E-state index contributed by atoms with van der Waals surface area (Å²) in [6, 6.07) is 5.54. The van der Waals surface area contributed by atoms with Gasteiger partial charge < -0.3 is 10.2 Å². The van der Waals surface area contributed by atoms with Gasteiger partial charge in [-0.05, 0) is 75.6 Å². The van der Waals surface area contributed by atoms with Crippen molar-refractivity contribution < 1.29 is 18.0 Å². The Balaban J connectivity index is 1.25. The lowest BCUT2D eigenvalue weighted by Crippen LogP contribution is -2.44. The molecule has 2 saturated carbocycles. The second-order valence-corrected chi connectivity index (χ2v) is 11.9. The highest BCUT2D eigenvalue weighted by molar-refractivity contribution is 7.89. The maximum absolute atomic E-state index is 13.3. The van der Waals surface area contributed by atoms with E-state index in [0.717, 1.165) is 36.9 Å². The molecule has 4 aliphatic rings. The average molecular weight is 460 g/mol. The summed E-state index contributed by atoms with van der Waals surface area (Å²) in [7, 11) is -3.62. The van der Waals surface area contributed by atoms with E-state index in [9.17, 15) is 18.0 Å². The van der Waals surface area contributed by atoms with Gasteiger partial charge in [-0.1, -0.05) is 12.8 Å². The molecular formula is C24H33N3O4S. The number of anilines is 1. The largest absolute Gasteiger partial charge is 0.353 e. The molecule has 8 heteroatoms. The zero-order chi connectivity index (χ0) is 22.5. The molecule has 0 bridgehead atoms. The molecule has 2 amide bonds. The highest BCUT2D eigenvalue weighted by atomic mass is 32.2. The molecule has 2 heterocycles. The van der Waals surface area contributed by atoms with Crippen molar-refractivity contribution in [3.05, 3.63) is 23.8 Å². The van der Waals surface area contributed by atoms with Crippen molar-refractivity contribution in [1.82, 2.24) is 9.62 Å². The predicted octanol–water partition coefficient (Wildman–Crippen LogP) is 2.83. The highest BCUT2D eigenvalue weighted by Gasteiger charge is 2.40. The first kappa shape index (κ1) is 21.9. The molecule has 3 fully saturated rings. The molecule has 0 aromatic heterocycles. The predicted molar refractivity (Wildman–Crippen MR) is 122 cm³/mol. The van der Waals surface area contributed by atoms with Gasteiger partial charge in [-0.25, -0.2) is 8.42 Å². The number of carbonyl (C=O) groups excluding carboxylic acids is 2. The minimum Gasteiger partial charge on any atom is -0.353 e. The average Bonchev–Trinajstić information content (AvgIpc) is 3.41. The zero-order valence-corrected chi connectivity index (χ0v) is 19.6. The van der Waals surface area contributed by atoms with E-state index >= 15 is 0 Å². The van der Waals surface area contributed by atoms with E-state index in [1.54, 1.807) is 18.2 Å². The van der Waals surface area contributed by atoms with Gasteiger partial charge >= 0.3 is 0 Å². The SMILES string of the molecule is C[C@H]1Cc2cc(S(=O)(=O)N3CCC(C(=O)NC4CCCC4)CC3)ccc2N1C(=O)C1CC1. The number of hydrogen-bond donors (Lipinski definition) is 1. The number of nitrogens with zero attached hydrogens (tertiary/aromatic N) is 2. The summed E-state index contributed by atoms with van der Waals surface area (Å²) < 4.78 is 28.1. The Morgan fingerprint density at radius 3 is 2.31 bits per heavy atom. The maximum Gasteiger partial charge on any atom is 0.243 e. The first-order valence-corrected chi connectivity index (χ1v) is 13.5.